The average Bonchev–Trinajstić information content (AvgIpc) is 3.20. The van der Waals surface area contributed by atoms with E-state index in [9.17, 15) is 4.79 Å². The van der Waals surface area contributed by atoms with Crippen LogP contribution in [0.1, 0.15) is 16.0 Å². The molecule has 26 heavy (non-hydrogen) atoms. The predicted molar refractivity (Wildman–Crippen MR) is 105 cm³/mol. The quantitative estimate of drug-likeness (QED) is 0.584. The monoisotopic (exact) mass is 364 g/mol. The van der Waals surface area contributed by atoms with Gasteiger partial charge in [0.05, 0.1) is 13.7 Å². The summed E-state index contributed by atoms with van der Waals surface area (Å²) in [6.45, 7) is 1.05. The fraction of sp³-hybridized carbons (Fsp3) is 0.143. The molecular formula is C21H20N2O2S. The van der Waals surface area contributed by atoms with E-state index in [-0.39, 0.29) is 5.91 Å². The van der Waals surface area contributed by atoms with Crippen LogP contribution in [0, 0.1) is 0 Å². The Hall–Kier alpha value is -2.92. The smallest absolute Gasteiger partial charge is 0.247 e. The van der Waals surface area contributed by atoms with Gasteiger partial charge in [0.15, 0.2) is 0 Å². The number of hydrogen-bond acceptors (Lipinski definition) is 4. The summed E-state index contributed by atoms with van der Waals surface area (Å²) in [5.41, 5.74) is 1.88. The number of amides is 1. The van der Waals surface area contributed by atoms with E-state index >= 15 is 0 Å². The third-order valence-electron chi connectivity index (χ3n) is 3.89. The number of nitrogens with zero attached hydrogens (tertiary/aromatic N) is 2. The number of carbonyl (C=O) groups excluding carboxylic acids is 1. The largest absolute Gasteiger partial charge is 0.496 e. The van der Waals surface area contributed by atoms with E-state index in [0.29, 0.717) is 13.1 Å². The van der Waals surface area contributed by atoms with Gasteiger partial charge >= 0.3 is 0 Å². The van der Waals surface area contributed by atoms with Crippen molar-refractivity contribution >= 4 is 23.3 Å². The zero-order chi connectivity index (χ0) is 18.2. The highest BCUT2D eigenvalue weighted by molar-refractivity contribution is 7.09. The van der Waals surface area contributed by atoms with Crippen LogP contribution >= 0.6 is 11.3 Å². The number of benzene rings is 1. The maximum Gasteiger partial charge on any atom is 0.247 e. The number of rotatable bonds is 7. The summed E-state index contributed by atoms with van der Waals surface area (Å²) in [6.07, 6.45) is 6.83. The minimum atomic E-state index is -0.0480. The molecule has 0 fully saturated rings. The summed E-state index contributed by atoms with van der Waals surface area (Å²) in [6, 6.07) is 15.6. The summed E-state index contributed by atoms with van der Waals surface area (Å²) >= 11 is 1.64. The van der Waals surface area contributed by atoms with Crippen molar-refractivity contribution in [2.24, 2.45) is 0 Å². The number of para-hydroxylation sites is 1. The maximum atomic E-state index is 12.8. The Morgan fingerprint density at radius 2 is 2.04 bits per heavy atom. The van der Waals surface area contributed by atoms with Gasteiger partial charge in [-0.1, -0.05) is 30.3 Å². The first-order chi connectivity index (χ1) is 12.8. The molecule has 0 spiro atoms. The second kappa shape index (κ2) is 8.97. The van der Waals surface area contributed by atoms with E-state index in [1.807, 2.05) is 58.8 Å². The van der Waals surface area contributed by atoms with Crippen LogP contribution in [0.15, 0.2) is 72.4 Å². The van der Waals surface area contributed by atoms with Gasteiger partial charge in [-0.05, 0) is 35.2 Å². The second-order valence-electron chi connectivity index (χ2n) is 5.71. The number of hydrogen-bond donors (Lipinski definition) is 0. The first-order valence-electron chi connectivity index (χ1n) is 8.27. The highest BCUT2D eigenvalue weighted by atomic mass is 32.1. The fourth-order valence-corrected chi connectivity index (χ4v) is 3.31. The van der Waals surface area contributed by atoms with Crippen LogP contribution in [0.2, 0.25) is 0 Å². The molecule has 3 rings (SSSR count). The summed E-state index contributed by atoms with van der Waals surface area (Å²) in [5.74, 6) is 0.737. The summed E-state index contributed by atoms with van der Waals surface area (Å²) < 4.78 is 5.43. The van der Waals surface area contributed by atoms with Crippen LogP contribution in [0.25, 0.3) is 6.08 Å². The van der Waals surface area contributed by atoms with Crippen molar-refractivity contribution in [2.45, 2.75) is 13.1 Å². The Labute approximate surface area is 157 Å². The standard InChI is InChI=1S/C21H20N2O2S/c1-25-20-9-3-2-7-18(20)15-23(16-19-8-5-13-26-19)21(24)11-10-17-6-4-12-22-14-17/h2-14H,15-16H2,1H3/b11-10+. The van der Waals surface area contributed by atoms with Gasteiger partial charge in [-0.2, -0.15) is 0 Å². The molecule has 0 aliphatic rings. The molecule has 2 aromatic heterocycles. The van der Waals surface area contributed by atoms with E-state index in [2.05, 4.69) is 4.98 Å². The van der Waals surface area contributed by atoms with Crippen molar-refractivity contribution in [1.29, 1.82) is 0 Å². The predicted octanol–water partition coefficient (Wildman–Crippen LogP) is 4.39. The van der Waals surface area contributed by atoms with Gasteiger partial charge in [0.2, 0.25) is 5.91 Å². The van der Waals surface area contributed by atoms with E-state index in [0.717, 1.165) is 21.8 Å². The van der Waals surface area contributed by atoms with Crippen molar-refractivity contribution in [3.63, 3.8) is 0 Å². The van der Waals surface area contributed by atoms with Crippen LogP contribution in [-0.2, 0) is 17.9 Å². The number of ether oxygens (including phenoxy) is 1. The first kappa shape index (κ1) is 17.9. The molecular weight excluding hydrogens is 344 g/mol. The Morgan fingerprint density at radius 3 is 2.77 bits per heavy atom. The number of pyridine rings is 1. The van der Waals surface area contributed by atoms with Gasteiger partial charge in [-0.25, -0.2) is 0 Å². The summed E-state index contributed by atoms with van der Waals surface area (Å²) in [7, 11) is 1.65. The van der Waals surface area contributed by atoms with E-state index in [1.54, 1.807) is 43.0 Å². The molecule has 5 heteroatoms. The van der Waals surface area contributed by atoms with E-state index in [4.69, 9.17) is 4.74 Å². The van der Waals surface area contributed by atoms with Gasteiger partial charge in [-0.3, -0.25) is 9.78 Å². The van der Waals surface area contributed by atoms with Gasteiger partial charge in [0.1, 0.15) is 5.75 Å². The van der Waals surface area contributed by atoms with Gasteiger partial charge < -0.3 is 9.64 Å². The highest BCUT2D eigenvalue weighted by Gasteiger charge is 2.15. The lowest BCUT2D eigenvalue weighted by Crippen LogP contribution is -2.28. The molecule has 0 unspecified atom stereocenters. The van der Waals surface area contributed by atoms with Gasteiger partial charge in [0.25, 0.3) is 0 Å². The van der Waals surface area contributed by atoms with Gasteiger partial charge in [-0.15, -0.1) is 11.3 Å². The SMILES string of the molecule is COc1ccccc1CN(Cc1cccs1)C(=O)/C=C/c1cccnc1. The number of methoxy groups -OCH3 is 1. The average molecular weight is 364 g/mol. The van der Waals surface area contributed by atoms with Crippen molar-refractivity contribution in [1.82, 2.24) is 9.88 Å². The molecule has 3 aromatic rings. The topological polar surface area (TPSA) is 42.4 Å². The van der Waals surface area contributed by atoms with Crippen molar-refractivity contribution in [2.75, 3.05) is 7.11 Å². The molecule has 4 nitrogen and oxygen atoms in total. The van der Waals surface area contributed by atoms with Crippen LogP contribution < -0.4 is 4.74 Å². The molecule has 0 bridgehead atoms. The molecule has 1 amide bonds. The van der Waals surface area contributed by atoms with Crippen molar-refractivity contribution in [3.05, 3.63) is 88.4 Å². The lowest BCUT2D eigenvalue weighted by Gasteiger charge is -2.22. The zero-order valence-electron chi connectivity index (χ0n) is 14.5. The van der Waals surface area contributed by atoms with Crippen LogP contribution in [0.5, 0.6) is 5.75 Å². The number of thiophene rings is 1. The van der Waals surface area contributed by atoms with Crippen LogP contribution in [0.3, 0.4) is 0 Å². The molecule has 0 saturated carbocycles. The zero-order valence-corrected chi connectivity index (χ0v) is 15.4. The molecule has 0 N–H and O–H groups in total. The Kier molecular flexibility index (Phi) is 6.17. The van der Waals surface area contributed by atoms with Crippen LogP contribution in [0.4, 0.5) is 0 Å². The highest BCUT2D eigenvalue weighted by Crippen LogP contribution is 2.21. The molecule has 0 saturated heterocycles. The lowest BCUT2D eigenvalue weighted by molar-refractivity contribution is -0.127. The molecule has 132 valence electrons. The van der Waals surface area contributed by atoms with Crippen molar-refractivity contribution in [3.8, 4) is 5.75 Å². The minimum absolute atomic E-state index is 0.0480. The molecule has 1 aromatic carbocycles. The fourth-order valence-electron chi connectivity index (χ4n) is 2.59. The Balaban J connectivity index is 1.80. The van der Waals surface area contributed by atoms with Gasteiger partial charge in [0, 0.05) is 35.5 Å². The minimum Gasteiger partial charge on any atom is -0.496 e. The first-order valence-corrected chi connectivity index (χ1v) is 9.15. The molecule has 0 aliphatic heterocycles. The normalized spacial score (nSPS) is 10.8. The number of aromatic nitrogens is 1. The van der Waals surface area contributed by atoms with Crippen LogP contribution in [-0.4, -0.2) is 22.9 Å². The lowest BCUT2D eigenvalue weighted by atomic mass is 10.1. The van der Waals surface area contributed by atoms with E-state index in [1.165, 1.54) is 0 Å². The third kappa shape index (κ3) is 4.80. The Morgan fingerprint density at radius 1 is 1.15 bits per heavy atom. The molecule has 0 atom stereocenters. The third-order valence-corrected chi connectivity index (χ3v) is 4.76. The second-order valence-corrected chi connectivity index (χ2v) is 6.74. The van der Waals surface area contributed by atoms with E-state index < -0.39 is 0 Å². The maximum absolute atomic E-state index is 12.8. The summed E-state index contributed by atoms with van der Waals surface area (Å²) in [5, 5.41) is 2.02. The molecule has 0 aliphatic carbocycles. The molecule has 2 heterocycles. The molecule has 0 radical (unpaired) electrons. The summed E-state index contributed by atoms with van der Waals surface area (Å²) in [4.78, 5) is 19.9. The Bertz CT molecular complexity index is 861. The van der Waals surface area contributed by atoms with Crippen molar-refractivity contribution < 1.29 is 9.53 Å². The number of carbonyl (C=O) groups is 1.